The number of anilines is 1. The van der Waals surface area contributed by atoms with Crippen LogP contribution < -0.4 is 10.6 Å². The molecule has 2 amide bonds. The lowest BCUT2D eigenvalue weighted by molar-refractivity contribution is -0.115. The maximum absolute atomic E-state index is 12.7. The molecule has 3 rings (SSSR count). The molecule has 0 bridgehead atoms. The zero-order valence-corrected chi connectivity index (χ0v) is 13.7. The SMILES string of the molecule is CC1Sc2ccc(C(=O)N(C)C3CCNCC3)cc2NC1=O. The summed E-state index contributed by atoms with van der Waals surface area (Å²) in [6, 6.07) is 5.87. The molecule has 0 spiro atoms. The fraction of sp³-hybridized carbons (Fsp3) is 0.500. The summed E-state index contributed by atoms with van der Waals surface area (Å²) < 4.78 is 0. The predicted octanol–water partition coefficient (Wildman–Crippen LogP) is 1.94. The second kappa shape index (κ2) is 6.30. The van der Waals surface area contributed by atoms with Crippen LogP contribution in [0, 0.1) is 0 Å². The molecular formula is C16H21N3O2S. The summed E-state index contributed by atoms with van der Waals surface area (Å²) >= 11 is 1.53. The molecule has 2 heterocycles. The van der Waals surface area contributed by atoms with E-state index in [9.17, 15) is 9.59 Å². The third-order valence-electron chi connectivity index (χ3n) is 4.33. The van der Waals surface area contributed by atoms with E-state index < -0.39 is 0 Å². The number of piperidine rings is 1. The minimum Gasteiger partial charge on any atom is -0.339 e. The topological polar surface area (TPSA) is 61.4 Å². The molecular weight excluding hydrogens is 298 g/mol. The minimum absolute atomic E-state index is 0.00573. The van der Waals surface area contributed by atoms with Crippen molar-refractivity contribution in [2.45, 2.75) is 36.0 Å². The maximum atomic E-state index is 12.7. The van der Waals surface area contributed by atoms with Crippen molar-refractivity contribution in [3.8, 4) is 0 Å². The van der Waals surface area contributed by atoms with Crippen LogP contribution in [0.25, 0.3) is 0 Å². The van der Waals surface area contributed by atoms with Gasteiger partial charge in [-0.25, -0.2) is 0 Å². The van der Waals surface area contributed by atoms with Gasteiger partial charge >= 0.3 is 0 Å². The number of carbonyl (C=O) groups is 2. The van der Waals surface area contributed by atoms with Gasteiger partial charge in [0.2, 0.25) is 5.91 Å². The summed E-state index contributed by atoms with van der Waals surface area (Å²) in [5.74, 6) is 0.0152. The summed E-state index contributed by atoms with van der Waals surface area (Å²) in [6.45, 7) is 3.79. The average Bonchev–Trinajstić information content (AvgIpc) is 2.55. The van der Waals surface area contributed by atoms with Crippen LogP contribution >= 0.6 is 11.8 Å². The van der Waals surface area contributed by atoms with Crippen LogP contribution in [-0.2, 0) is 4.79 Å². The molecule has 118 valence electrons. The molecule has 1 atom stereocenters. The first kappa shape index (κ1) is 15.4. The molecule has 1 aromatic carbocycles. The highest BCUT2D eigenvalue weighted by atomic mass is 32.2. The third-order valence-corrected chi connectivity index (χ3v) is 5.51. The molecule has 5 nitrogen and oxygen atoms in total. The monoisotopic (exact) mass is 319 g/mol. The highest BCUT2D eigenvalue weighted by molar-refractivity contribution is 8.00. The first-order chi connectivity index (χ1) is 10.6. The van der Waals surface area contributed by atoms with E-state index in [1.165, 1.54) is 11.8 Å². The molecule has 0 radical (unpaired) electrons. The summed E-state index contributed by atoms with van der Waals surface area (Å²) in [5, 5.41) is 6.10. The lowest BCUT2D eigenvalue weighted by Gasteiger charge is -2.32. The largest absolute Gasteiger partial charge is 0.339 e. The molecule has 6 heteroatoms. The number of hydrogen-bond donors (Lipinski definition) is 2. The van der Waals surface area contributed by atoms with E-state index in [0.717, 1.165) is 36.5 Å². The number of amides is 2. The molecule has 2 N–H and O–H groups in total. The zero-order chi connectivity index (χ0) is 15.7. The van der Waals surface area contributed by atoms with Gasteiger partial charge in [-0.1, -0.05) is 0 Å². The smallest absolute Gasteiger partial charge is 0.253 e. The van der Waals surface area contributed by atoms with Gasteiger partial charge in [-0.2, -0.15) is 0 Å². The van der Waals surface area contributed by atoms with Crippen molar-refractivity contribution in [2.75, 3.05) is 25.5 Å². The van der Waals surface area contributed by atoms with E-state index in [1.807, 2.05) is 31.0 Å². The van der Waals surface area contributed by atoms with E-state index in [-0.39, 0.29) is 23.1 Å². The Hall–Kier alpha value is -1.53. The van der Waals surface area contributed by atoms with Gasteiger partial charge in [0.05, 0.1) is 10.9 Å². The minimum atomic E-state index is -0.0912. The standard InChI is InChI=1S/C16H21N3O2S/c1-10-15(20)18-13-9-11(3-4-14(13)22-10)16(21)19(2)12-5-7-17-8-6-12/h3-4,9-10,12,17H,5-8H2,1-2H3,(H,18,20). The number of carbonyl (C=O) groups excluding carboxylic acids is 2. The van der Waals surface area contributed by atoms with Gasteiger partial charge in [0.15, 0.2) is 0 Å². The number of nitrogens with one attached hydrogen (secondary N) is 2. The number of hydrogen-bond acceptors (Lipinski definition) is 4. The normalized spacial score (nSPS) is 21.9. The van der Waals surface area contributed by atoms with E-state index in [4.69, 9.17) is 0 Å². The van der Waals surface area contributed by atoms with Gasteiger partial charge in [0.25, 0.3) is 5.91 Å². The predicted molar refractivity (Wildman–Crippen MR) is 88.4 cm³/mol. The molecule has 2 aliphatic rings. The Morgan fingerprint density at radius 3 is 2.77 bits per heavy atom. The number of nitrogens with zero attached hydrogens (tertiary/aromatic N) is 1. The molecule has 0 aliphatic carbocycles. The van der Waals surface area contributed by atoms with Gasteiger partial charge in [0, 0.05) is 23.5 Å². The van der Waals surface area contributed by atoms with E-state index >= 15 is 0 Å². The molecule has 1 saturated heterocycles. The molecule has 0 saturated carbocycles. The first-order valence-corrected chi connectivity index (χ1v) is 8.53. The van der Waals surface area contributed by atoms with Crippen molar-refractivity contribution >= 4 is 29.3 Å². The van der Waals surface area contributed by atoms with Crippen LogP contribution in [0.2, 0.25) is 0 Å². The van der Waals surface area contributed by atoms with Crippen LogP contribution in [0.15, 0.2) is 23.1 Å². The van der Waals surface area contributed by atoms with Crippen LogP contribution in [0.3, 0.4) is 0 Å². The van der Waals surface area contributed by atoms with Gasteiger partial charge in [-0.3, -0.25) is 9.59 Å². The van der Waals surface area contributed by atoms with Gasteiger partial charge in [-0.15, -0.1) is 11.8 Å². The van der Waals surface area contributed by atoms with Gasteiger partial charge in [0.1, 0.15) is 0 Å². The fourth-order valence-corrected chi connectivity index (χ4v) is 3.84. The first-order valence-electron chi connectivity index (χ1n) is 7.65. The number of thioether (sulfide) groups is 1. The van der Waals surface area contributed by atoms with Crippen LogP contribution in [0.5, 0.6) is 0 Å². The van der Waals surface area contributed by atoms with Gasteiger partial charge < -0.3 is 15.5 Å². The zero-order valence-electron chi connectivity index (χ0n) is 12.9. The maximum Gasteiger partial charge on any atom is 0.253 e. The Balaban J connectivity index is 1.78. The molecule has 1 fully saturated rings. The van der Waals surface area contributed by atoms with Crippen molar-refractivity contribution < 1.29 is 9.59 Å². The van der Waals surface area contributed by atoms with Crippen molar-refractivity contribution in [1.29, 1.82) is 0 Å². The van der Waals surface area contributed by atoms with E-state index in [0.29, 0.717) is 5.56 Å². The Morgan fingerprint density at radius 2 is 2.05 bits per heavy atom. The highest BCUT2D eigenvalue weighted by Crippen LogP contribution is 2.36. The van der Waals surface area contributed by atoms with Crippen molar-refractivity contribution in [1.82, 2.24) is 10.2 Å². The quantitative estimate of drug-likeness (QED) is 0.874. The number of rotatable bonds is 2. The van der Waals surface area contributed by atoms with Crippen LogP contribution in [0.4, 0.5) is 5.69 Å². The lowest BCUT2D eigenvalue weighted by atomic mass is 10.0. The molecule has 2 aliphatic heterocycles. The molecule has 22 heavy (non-hydrogen) atoms. The average molecular weight is 319 g/mol. The van der Waals surface area contributed by atoms with Crippen molar-refractivity contribution in [3.63, 3.8) is 0 Å². The molecule has 1 aromatic rings. The molecule has 0 aromatic heterocycles. The van der Waals surface area contributed by atoms with Crippen molar-refractivity contribution in [2.24, 2.45) is 0 Å². The number of fused-ring (bicyclic) bond motifs is 1. The number of benzene rings is 1. The highest BCUT2D eigenvalue weighted by Gasteiger charge is 2.26. The molecule has 1 unspecified atom stereocenters. The second-order valence-electron chi connectivity index (χ2n) is 5.86. The Bertz CT molecular complexity index is 599. The summed E-state index contributed by atoms with van der Waals surface area (Å²) in [7, 11) is 1.87. The fourth-order valence-electron chi connectivity index (χ4n) is 2.91. The van der Waals surface area contributed by atoms with Gasteiger partial charge in [-0.05, 0) is 51.1 Å². The Labute approximate surface area is 134 Å². The van der Waals surface area contributed by atoms with Crippen LogP contribution in [0.1, 0.15) is 30.1 Å². The summed E-state index contributed by atoms with van der Waals surface area (Å²) in [6.07, 6.45) is 1.97. The Kier molecular flexibility index (Phi) is 4.40. The van der Waals surface area contributed by atoms with Crippen molar-refractivity contribution in [3.05, 3.63) is 23.8 Å². The second-order valence-corrected chi connectivity index (χ2v) is 7.24. The van der Waals surface area contributed by atoms with Crippen LogP contribution in [-0.4, -0.2) is 48.1 Å². The Morgan fingerprint density at radius 1 is 1.32 bits per heavy atom. The summed E-state index contributed by atoms with van der Waals surface area (Å²) in [5.41, 5.74) is 1.38. The summed E-state index contributed by atoms with van der Waals surface area (Å²) in [4.78, 5) is 27.3. The van der Waals surface area contributed by atoms with E-state index in [1.54, 1.807) is 6.07 Å². The third kappa shape index (κ3) is 2.98. The lowest BCUT2D eigenvalue weighted by Crippen LogP contribution is -2.44. The van der Waals surface area contributed by atoms with E-state index in [2.05, 4.69) is 10.6 Å².